The molecule has 2 saturated heterocycles. The monoisotopic (exact) mass is 814 g/mol. The summed E-state index contributed by atoms with van der Waals surface area (Å²) in [5, 5.41) is 10.9. The molecule has 2 aromatic carbocycles. The smallest absolute Gasteiger partial charge is 0.416 e. The van der Waals surface area contributed by atoms with E-state index in [1.807, 2.05) is 4.90 Å². The summed E-state index contributed by atoms with van der Waals surface area (Å²) in [4.78, 5) is 34.3. The van der Waals surface area contributed by atoms with E-state index in [-0.39, 0.29) is 75.8 Å². The van der Waals surface area contributed by atoms with Crippen molar-refractivity contribution in [3.05, 3.63) is 41.1 Å². The number of nitrogens with zero attached hydrogens (tertiary/aromatic N) is 3. The molecule has 2 amide bonds. The van der Waals surface area contributed by atoms with Crippen molar-refractivity contribution in [3.63, 3.8) is 0 Å². The number of halogens is 3. The molecule has 318 valence electrons. The number of piperazine rings is 1. The van der Waals surface area contributed by atoms with Crippen molar-refractivity contribution in [2.45, 2.75) is 82.7 Å². The fourth-order valence-corrected chi connectivity index (χ4v) is 8.65. The molecule has 2 saturated carbocycles. The number of ether oxygens (including phenoxy) is 5. The van der Waals surface area contributed by atoms with Crippen LogP contribution in [-0.2, 0) is 15.8 Å². The van der Waals surface area contributed by atoms with E-state index in [1.54, 1.807) is 29.7 Å². The Hall–Kier alpha value is -4.86. The number of benzene rings is 2. The van der Waals surface area contributed by atoms with Gasteiger partial charge in [0.2, 0.25) is 23.2 Å². The number of carbonyl (C=O) groups excluding carboxylic acids is 2. The molecule has 4 fully saturated rings. The molecule has 4 N–H and O–H groups in total. The first-order valence-corrected chi connectivity index (χ1v) is 20.0. The van der Waals surface area contributed by atoms with Gasteiger partial charge in [-0.15, -0.1) is 0 Å². The zero-order valence-corrected chi connectivity index (χ0v) is 34.3. The number of anilines is 1. The summed E-state index contributed by atoms with van der Waals surface area (Å²) in [6.07, 6.45) is 2.16. The highest BCUT2D eigenvalue weighted by Gasteiger charge is 2.49. The second kappa shape index (κ2) is 17.6. The Bertz CT molecular complexity index is 1870. The van der Waals surface area contributed by atoms with E-state index in [2.05, 4.69) is 5.32 Å². The molecule has 1 unspecified atom stereocenters. The molecule has 13 nitrogen and oxygen atoms in total. The Morgan fingerprint density at radius 2 is 1.52 bits per heavy atom. The average Bonchev–Trinajstić information content (AvgIpc) is 4.04. The minimum atomic E-state index is -4.71. The maximum Gasteiger partial charge on any atom is 0.416 e. The molecule has 6 rings (SSSR count). The SMILES string of the molecule is COc1c(OC)c(OC)c(N2CCC[C@@H](C(=O)N(C3CC3)C(c3ccc(/C(C=N)=C/N)cc3C(F)(F)F)C3CCC3)C2)c(OC)c1OC(C)(C)C(=O)N1CCNCC1. The molecule has 0 bridgehead atoms. The van der Waals surface area contributed by atoms with Gasteiger partial charge in [0.15, 0.2) is 17.1 Å². The fourth-order valence-electron chi connectivity index (χ4n) is 8.65. The zero-order chi connectivity index (χ0) is 41.9. The van der Waals surface area contributed by atoms with Gasteiger partial charge in [0.25, 0.3) is 5.91 Å². The first-order chi connectivity index (χ1) is 27.7. The largest absolute Gasteiger partial charge is 0.491 e. The summed E-state index contributed by atoms with van der Waals surface area (Å²) < 4.78 is 75.2. The maximum atomic E-state index is 15.0. The molecule has 16 heteroatoms. The minimum absolute atomic E-state index is 0.0678. The van der Waals surface area contributed by atoms with Crippen molar-refractivity contribution in [2.75, 3.05) is 72.6 Å². The van der Waals surface area contributed by atoms with Gasteiger partial charge >= 0.3 is 6.18 Å². The van der Waals surface area contributed by atoms with Crippen molar-refractivity contribution in [2.24, 2.45) is 17.6 Å². The molecular formula is C42H57F3N6O7. The Labute approximate surface area is 338 Å². The number of rotatable bonds is 15. The van der Waals surface area contributed by atoms with E-state index in [1.165, 1.54) is 34.5 Å². The number of methoxy groups -OCH3 is 4. The third-order valence-electron chi connectivity index (χ3n) is 11.9. The summed E-state index contributed by atoms with van der Waals surface area (Å²) >= 11 is 0. The minimum Gasteiger partial charge on any atom is -0.491 e. The van der Waals surface area contributed by atoms with Crippen LogP contribution >= 0.6 is 0 Å². The number of hydrogen-bond donors (Lipinski definition) is 3. The predicted molar refractivity (Wildman–Crippen MR) is 214 cm³/mol. The van der Waals surface area contributed by atoms with Gasteiger partial charge in [0, 0.05) is 63.3 Å². The Morgan fingerprint density at radius 3 is 2.05 bits per heavy atom. The molecule has 0 radical (unpaired) electrons. The van der Waals surface area contributed by atoms with E-state index in [0.717, 1.165) is 24.9 Å². The highest BCUT2D eigenvalue weighted by Crippen LogP contribution is 2.59. The number of carbonyl (C=O) groups is 2. The molecule has 2 aromatic rings. The van der Waals surface area contributed by atoms with Gasteiger partial charge in [-0.1, -0.05) is 18.6 Å². The molecule has 2 heterocycles. The molecular weight excluding hydrogens is 757 g/mol. The van der Waals surface area contributed by atoms with Crippen molar-refractivity contribution >= 4 is 29.3 Å². The van der Waals surface area contributed by atoms with Gasteiger partial charge in [-0.05, 0) is 75.5 Å². The Morgan fingerprint density at radius 1 is 0.897 bits per heavy atom. The molecule has 4 aliphatic rings. The number of hydrogen-bond acceptors (Lipinski definition) is 11. The molecule has 2 atom stereocenters. The summed E-state index contributed by atoms with van der Waals surface area (Å²) in [7, 11) is 5.88. The summed E-state index contributed by atoms with van der Waals surface area (Å²) in [5.41, 5.74) is 4.35. The van der Waals surface area contributed by atoms with E-state index in [9.17, 15) is 18.0 Å². The number of nitrogens with two attached hydrogens (primary N) is 1. The van der Waals surface area contributed by atoms with Crippen molar-refractivity contribution in [1.82, 2.24) is 15.1 Å². The summed E-state index contributed by atoms with van der Waals surface area (Å²) in [6, 6.07) is 3.12. The van der Waals surface area contributed by atoms with Crippen molar-refractivity contribution in [3.8, 4) is 28.7 Å². The Balaban J connectivity index is 1.39. The highest BCUT2D eigenvalue weighted by molar-refractivity contribution is 6.08. The second-order valence-electron chi connectivity index (χ2n) is 15.9. The van der Waals surface area contributed by atoms with Crippen molar-refractivity contribution < 1.29 is 46.4 Å². The Kier molecular flexibility index (Phi) is 12.9. The zero-order valence-electron chi connectivity index (χ0n) is 34.3. The van der Waals surface area contributed by atoms with Gasteiger partial charge in [-0.3, -0.25) is 9.59 Å². The number of nitrogens with one attached hydrogen (secondary N) is 2. The maximum absolute atomic E-state index is 15.0. The first-order valence-electron chi connectivity index (χ1n) is 20.0. The molecule has 0 spiro atoms. The first kappa shape index (κ1) is 42.7. The van der Waals surface area contributed by atoms with Gasteiger partial charge < -0.3 is 54.8 Å². The average molecular weight is 815 g/mol. The van der Waals surface area contributed by atoms with Crippen LogP contribution in [0, 0.1) is 17.2 Å². The lowest BCUT2D eigenvalue weighted by atomic mass is 9.74. The quantitative estimate of drug-likeness (QED) is 0.182. The number of amides is 2. The van der Waals surface area contributed by atoms with Gasteiger partial charge in [-0.25, -0.2) is 0 Å². The third-order valence-corrected chi connectivity index (χ3v) is 11.9. The number of piperidine rings is 1. The lowest BCUT2D eigenvalue weighted by molar-refractivity contribution is -0.146. The van der Waals surface area contributed by atoms with Gasteiger partial charge in [0.1, 0.15) is 5.69 Å². The highest BCUT2D eigenvalue weighted by atomic mass is 19.4. The molecule has 0 aromatic heterocycles. The standard InChI is InChI=1S/C42H57F3N6O7/c1-41(2,40(53)49-19-16-48-17-20-49)58-38-35(55-4)33(34(54-3)36(56-5)37(38)57-6)50-18-8-11-27(24-50)39(52)51(29-13-14-29)32(25-9-7-10-25)30-15-12-26(28(22-46)23-47)21-31(30)42(43,44)45/h12,15,21-23,25,27,29,32,46,48H,7-11,13-14,16-20,24,47H2,1-6H3/b28-23+,46-22?/t27-,32?/m1/s1. The lowest BCUT2D eigenvalue weighted by Gasteiger charge is -2.45. The lowest BCUT2D eigenvalue weighted by Crippen LogP contribution is -2.54. The van der Waals surface area contributed by atoms with Crippen LogP contribution in [0.15, 0.2) is 24.4 Å². The number of alkyl halides is 3. The summed E-state index contributed by atoms with van der Waals surface area (Å²) in [5.74, 6) is -0.124. The van der Waals surface area contributed by atoms with Crippen LogP contribution in [0.1, 0.15) is 81.5 Å². The summed E-state index contributed by atoms with van der Waals surface area (Å²) in [6.45, 7) is 6.46. The van der Waals surface area contributed by atoms with Crippen molar-refractivity contribution in [1.29, 1.82) is 5.41 Å². The normalized spacial score (nSPS) is 19.8. The fraction of sp³-hybridized carbons (Fsp3) is 0.595. The van der Waals surface area contributed by atoms with Crippen LogP contribution in [0.2, 0.25) is 0 Å². The van der Waals surface area contributed by atoms with Crippen LogP contribution in [0.5, 0.6) is 28.7 Å². The topological polar surface area (TPSA) is 152 Å². The molecule has 2 aliphatic carbocycles. The van der Waals surface area contributed by atoms with E-state index in [4.69, 9.17) is 34.8 Å². The third kappa shape index (κ3) is 8.34. The van der Waals surface area contributed by atoms with Crippen LogP contribution in [-0.4, -0.2) is 107 Å². The van der Waals surface area contributed by atoms with Crippen LogP contribution in [0.3, 0.4) is 0 Å². The van der Waals surface area contributed by atoms with Gasteiger partial charge in [0.05, 0.1) is 46.0 Å². The molecule has 58 heavy (non-hydrogen) atoms. The molecule has 2 aliphatic heterocycles. The van der Waals surface area contributed by atoms with Gasteiger partial charge in [-0.2, -0.15) is 13.2 Å². The van der Waals surface area contributed by atoms with Crippen LogP contribution in [0.4, 0.5) is 18.9 Å². The van der Waals surface area contributed by atoms with Crippen LogP contribution < -0.4 is 39.6 Å². The van der Waals surface area contributed by atoms with E-state index >= 15 is 4.79 Å². The second-order valence-corrected chi connectivity index (χ2v) is 15.9. The van der Waals surface area contributed by atoms with E-state index in [0.29, 0.717) is 76.9 Å². The number of allylic oxidation sites excluding steroid dienone is 1. The van der Waals surface area contributed by atoms with E-state index < -0.39 is 29.3 Å². The van der Waals surface area contributed by atoms with Crippen LogP contribution in [0.25, 0.3) is 5.57 Å². The predicted octanol–water partition coefficient (Wildman–Crippen LogP) is 6.03.